The molecule has 0 radical (unpaired) electrons. The van der Waals surface area contributed by atoms with Crippen LogP contribution < -0.4 is 10.6 Å². The maximum Gasteiger partial charge on any atom is 0.225 e. The second-order valence-electron chi connectivity index (χ2n) is 5.58. The van der Waals surface area contributed by atoms with E-state index in [1.165, 1.54) is 11.1 Å². The van der Waals surface area contributed by atoms with Gasteiger partial charge in [0.2, 0.25) is 11.8 Å². The van der Waals surface area contributed by atoms with Gasteiger partial charge in [0.15, 0.2) is 0 Å². The molecular weight excluding hydrogens is 252 g/mol. The molecule has 2 amide bonds. The van der Waals surface area contributed by atoms with E-state index in [-0.39, 0.29) is 23.8 Å². The lowest BCUT2D eigenvalue weighted by Gasteiger charge is -2.24. The molecule has 1 aliphatic heterocycles. The van der Waals surface area contributed by atoms with E-state index >= 15 is 0 Å². The predicted octanol–water partition coefficient (Wildman–Crippen LogP) is 1.57. The summed E-state index contributed by atoms with van der Waals surface area (Å²) in [5.74, 6) is 0.000105. The van der Waals surface area contributed by atoms with E-state index in [0.717, 1.165) is 6.42 Å². The standard InChI is InChI=1S/C16H22N2O2/c1-11-5-3-4-6-13(11)9-12(2)18-16(20)14-7-8-15(19)17-10-14/h3-6,12,14H,7-10H2,1-2H3,(H,17,19)(H,18,20). The summed E-state index contributed by atoms with van der Waals surface area (Å²) in [6.07, 6.45) is 1.93. The molecule has 0 aromatic heterocycles. The summed E-state index contributed by atoms with van der Waals surface area (Å²) in [5.41, 5.74) is 2.51. The summed E-state index contributed by atoms with van der Waals surface area (Å²) in [7, 11) is 0. The van der Waals surface area contributed by atoms with E-state index in [4.69, 9.17) is 0 Å². The van der Waals surface area contributed by atoms with Crippen molar-refractivity contribution in [3.63, 3.8) is 0 Å². The Bertz CT molecular complexity index is 489. The molecule has 2 atom stereocenters. The zero-order valence-electron chi connectivity index (χ0n) is 12.1. The third kappa shape index (κ3) is 3.83. The summed E-state index contributed by atoms with van der Waals surface area (Å²) in [6, 6.07) is 8.32. The van der Waals surface area contributed by atoms with Crippen LogP contribution in [-0.2, 0) is 16.0 Å². The molecule has 4 nitrogen and oxygen atoms in total. The molecule has 1 aliphatic rings. The normalized spacial score (nSPS) is 20.1. The van der Waals surface area contributed by atoms with E-state index in [0.29, 0.717) is 19.4 Å². The van der Waals surface area contributed by atoms with Crippen molar-refractivity contribution in [3.8, 4) is 0 Å². The highest BCUT2D eigenvalue weighted by Crippen LogP contribution is 2.13. The minimum Gasteiger partial charge on any atom is -0.355 e. The third-order valence-electron chi connectivity index (χ3n) is 3.81. The second kappa shape index (κ2) is 6.55. The molecule has 0 aliphatic carbocycles. The highest BCUT2D eigenvalue weighted by atomic mass is 16.2. The lowest BCUT2D eigenvalue weighted by atomic mass is 9.97. The number of benzene rings is 1. The van der Waals surface area contributed by atoms with Gasteiger partial charge in [0.05, 0.1) is 5.92 Å². The van der Waals surface area contributed by atoms with Crippen molar-refractivity contribution >= 4 is 11.8 Å². The number of hydrogen-bond donors (Lipinski definition) is 2. The van der Waals surface area contributed by atoms with Gasteiger partial charge in [-0.1, -0.05) is 24.3 Å². The van der Waals surface area contributed by atoms with Gasteiger partial charge in [-0.05, 0) is 37.8 Å². The van der Waals surface area contributed by atoms with Gasteiger partial charge in [-0.15, -0.1) is 0 Å². The number of nitrogens with one attached hydrogen (secondary N) is 2. The SMILES string of the molecule is Cc1ccccc1CC(C)NC(=O)C1CCC(=O)NC1. The fraction of sp³-hybridized carbons (Fsp3) is 0.500. The van der Waals surface area contributed by atoms with E-state index in [1.54, 1.807) is 0 Å². The molecule has 1 fully saturated rings. The molecule has 0 bridgehead atoms. The van der Waals surface area contributed by atoms with Crippen LogP contribution in [0.25, 0.3) is 0 Å². The van der Waals surface area contributed by atoms with E-state index < -0.39 is 0 Å². The Morgan fingerprint density at radius 3 is 2.85 bits per heavy atom. The Labute approximate surface area is 119 Å². The summed E-state index contributed by atoms with van der Waals surface area (Å²) in [6.45, 7) is 4.56. The number of piperidine rings is 1. The van der Waals surface area contributed by atoms with Crippen LogP contribution >= 0.6 is 0 Å². The molecule has 1 aromatic rings. The van der Waals surface area contributed by atoms with Gasteiger partial charge in [0.25, 0.3) is 0 Å². The van der Waals surface area contributed by atoms with Gasteiger partial charge in [0.1, 0.15) is 0 Å². The Morgan fingerprint density at radius 2 is 2.20 bits per heavy atom. The third-order valence-corrected chi connectivity index (χ3v) is 3.81. The van der Waals surface area contributed by atoms with Crippen LogP contribution in [0.3, 0.4) is 0 Å². The van der Waals surface area contributed by atoms with Crippen molar-refractivity contribution in [2.45, 2.75) is 39.2 Å². The Morgan fingerprint density at radius 1 is 1.45 bits per heavy atom. The first-order valence-corrected chi connectivity index (χ1v) is 7.18. The Hall–Kier alpha value is -1.84. The molecule has 0 saturated carbocycles. The van der Waals surface area contributed by atoms with Gasteiger partial charge >= 0.3 is 0 Å². The van der Waals surface area contributed by atoms with Gasteiger partial charge in [-0.2, -0.15) is 0 Å². The zero-order valence-corrected chi connectivity index (χ0v) is 12.1. The van der Waals surface area contributed by atoms with Crippen LogP contribution in [0.2, 0.25) is 0 Å². The van der Waals surface area contributed by atoms with Crippen LogP contribution in [0.15, 0.2) is 24.3 Å². The number of amides is 2. The average Bonchev–Trinajstić information content (AvgIpc) is 2.42. The summed E-state index contributed by atoms with van der Waals surface area (Å²) >= 11 is 0. The monoisotopic (exact) mass is 274 g/mol. The molecule has 20 heavy (non-hydrogen) atoms. The first-order chi connectivity index (χ1) is 9.56. The highest BCUT2D eigenvalue weighted by molar-refractivity contribution is 5.83. The molecule has 108 valence electrons. The number of hydrogen-bond acceptors (Lipinski definition) is 2. The summed E-state index contributed by atoms with van der Waals surface area (Å²) < 4.78 is 0. The number of carbonyl (C=O) groups excluding carboxylic acids is 2. The largest absolute Gasteiger partial charge is 0.355 e. The van der Waals surface area contributed by atoms with Gasteiger partial charge in [-0.25, -0.2) is 0 Å². The minimum absolute atomic E-state index is 0.0435. The molecule has 2 rings (SSSR count). The maximum atomic E-state index is 12.1. The fourth-order valence-corrected chi connectivity index (χ4v) is 2.54. The van der Waals surface area contributed by atoms with Crippen LogP contribution in [0.4, 0.5) is 0 Å². The van der Waals surface area contributed by atoms with Gasteiger partial charge in [-0.3, -0.25) is 9.59 Å². The maximum absolute atomic E-state index is 12.1. The van der Waals surface area contributed by atoms with Crippen molar-refractivity contribution in [3.05, 3.63) is 35.4 Å². The first-order valence-electron chi connectivity index (χ1n) is 7.18. The lowest BCUT2D eigenvalue weighted by molar-refractivity contribution is -0.129. The molecule has 1 heterocycles. The topological polar surface area (TPSA) is 58.2 Å². The van der Waals surface area contributed by atoms with E-state index in [9.17, 15) is 9.59 Å². The molecule has 1 saturated heterocycles. The Kier molecular flexibility index (Phi) is 4.77. The fourth-order valence-electron chi connectivity index (χ4n) is 2.54. The minimum atomic E-state index is -0.0907. The van der Waals surface area contributed by atoms with Crippen LogP contribution in [-0.4, -0.2) is 24.4 Å². The van der Waals surface area contributed by atoms with Crippen LogP contribution in [0.5, 0.6) is 0 Å². The molecule has 2 N–H and O–H groups in total. The predicted molar refractivity (Wildman–Crippen MR) is 78.2 cm³/mol. The van der Waals surface area contributed by atoms with Crippen LogP contribution in [0.1, 0.15) is 30.9 Å². The van der Waals surface area contributed by atoms with E-state index in [2.05, 4.69) is 29.7 Å². The summed E-state index contributed by atoms with van der Waals surface area (Å²) in [4.78, 5) is 23.2. The Balaban J connectivity index is 1.85. The lowest BCUT2D eigenvalue weighted by Crippen LogP contribution is -2.45. The molecule has 0 spiro atoms. The summed E-state index contributed by atoms with van der Waals surface area (Å²) in [5, 5.41) is 5.80. The van der Waals surface area contributed by atoms with Crippen molar-refractivity contribution < 1.29 is 9.59 Å². The van der Waals surface area contributed by atoms with Crippen molar-refractivity contribution in [2.24, 2.45) is 5.92 Å². The van der Waals surface area contributed by atoms with E-state index in [1.807, 2.05) is 19.1 Å². The smallest absolute Gasteiger partial charge is 0.225 e. The highest BCUT2D eigenvalue weighted by Gasteiger charge is 2.25. The van der Waals surface area contributed by atoms with Crippen LogP contribution in [0, 0.1) is 12.8 Å². The average molecular weight is 274 g/mol. The molecule has 4 heteroatoms. The quantitative estimate of drug-likeness (QED) is 0.875. The van der Waals surface area contributed by atoms with Crippen molar-refractivity contribution in [1.29, 1.82) is 0 Å². The molecule has 1 aromatic carbocycles. The molecular formula is C16H22N2O2. The van der Waals surface area contributed by atoms with Crippen molar-refractivity contribution in [1.82, 2.24) is 10.6 Å². The zero-order chi connectivity index (χ0) is 14.5. The van der Waals surface area contributed by atoms with Gasteiger partial charge < -0.3 is 10.6 Å². The second-order valence-corrected chi connectivity index (χ2v) is 5.58. The number of aryl methyl sites for hydroxylation is 1. The first kappa shape index (κ1) is 14.6. The van der Waals surface area contributed by atoms with Crippen molar-refractivity contribution in [2.75, 3.05) is 6.54 Å². The molecule has 2 unspecified atom stereocenters. The number of rotatable bonds is 4. The number of carbonyl (C=O) groups is 2. The van der Waals surface area contributed by atoms with Gasteiger partial charge in [0, 0.05) is 19.0 Å².